The maximum atomic E-state index is 12.7. The van der Waals surface area contributed by atoms with Crippen LogP contribution in [0.5, 0.6) is 0 Å². The Morgan fingerprint density at radius 2 is 1.64 bits per heavy atom. The molecule has 3 aromatic rings. The van der Waals surface area contributed by atoms with E-state index in [1.165, 1.54) is 23.0 Å². The summed E-state index contributed by atoms with van der Waals surface area (Å²) >= 11 is 0. The van der Waals surface area contributed by atoms with Crippen molar-refractivity contribution in [2.75, 3.05) is 19.6 Å². The predicted octanol–water partition coefficient (Wildman–Crippen LogP) is 2.29. The van der Waals surface area contributed by atoms with Crippen molar-refractivity contribution in [3.63, 3.8) is 0 Å². The number of nitrogens with zero attached hydrogens (tertiary/aromatic N) is 3. The molecule has 1 aromatic heterocycles. The predicted molar refractivity (Wildman–Crippen MR) is 110 cm³/mol. The average molecular weight is 378 g/mol. The second kappa shape index (κ2) is 8.02. The van der Waals surface area contributed by atoms with Gasteiger partial charge in [0.15, 0.2) is 0 Å². The fourth-order valence-corrected chi connectivity index (χ4v) is 4.11. The molecule has 1 saturated heterocycles. The maximum absolute atomic E-state index is 12.7. The number of carbonyl (C=O) groups is 1. The number of imidazole rings is 1. The molecule has 28 heavy (non-hydrogen) atoms. The maximum Gasteiger partial charge on any atom is 0.329 e. The lowest BCUT2D eigenvalue weighted by Gasteiger charge is -2.28. The molecule has 6 nitrogen and oxygen atoms in total. The molecule has 0 radical (unpaired) electrons. The Bertz CT molecular complexity index is 1020. The number of para-hydroxylation sites is 2. The Hall–Kier alpha value is -2.86. The van der Waals surface area contributed by atoms with E-state index in [4.69, 9.17) is 0 Å². The molecule has 0 aliphatic carbocycles. The van der Waals surface area contributed by atoms with Crippen LogP contribution < -0.4 is 11.0 Å². The van der Waals surface area contributed by atoms with Crippen molar-refractivity contribution in [1.29, 1.82) is 0 Å². The smallest absolute Gasteiger partial charge is 0.329 e. The van der Waals surface area contributed by atoms with Gasteiger partial charge in [0.05, 0.1) is 17.1 Å². The zero-order valence-corrected chi connectivity index (χ0v) is 16.2. The molecule has 2 aromatic carbocycles. The van der Waals surface area contributed by atoms with Gasteiger partial charge in [0, 0.05) is 13.6 Å². The highest BCUT2D eigenvalue weighted by Gasteiger charge is 2.24. The van der Waals surface area contributed by atoms with Gasteiger partial charge in [-0.2, -0.15) is 0 Å². The lowest BCUT2D eigenvalue weighted by atomic mass is 10.1. The molecule has 0 bridgehead atoms. The largest absolute Gasteiger partial charge is 0.353 e. The van der Waals surface area contributed by atoms with Crippen LogP contribution in [0.4, 0.5) is 0 Å². The topological polar surface area (TPSA) is 59.3 Å². The van der Waals surface area contributed by atoms with Gasteiger partial charge in [0.25, 0.3) is 0 Å². The summed E-state index contributed by atoms with van der Waals surface area (Å²) in [7, 11) is 1.73. The molecule has 1 aliphatic rings. The van der Waals surface area contributed by atoms with Crippen molar-refractivity contribution in [2.45, 2.75) is 25.4 Å². The second-order valence-corrected chi connectivity index (χ2v) is 7.39. The van der Waals surface area contributed by atoms with Crippen molar-refractivity contribution in [1.82, 2.24) is 19.4 Å². The Kier molecular flexibility index (Phi) is 5.30. The fraction of sp³-hybridized carbons (Fsp3) is 0.364. The van der Waals surface area contributed by atoms with E-state index in [0.717, 1.165) is 24.1 Å². The lowest BCUT2D eigenvalue weighted by Crippen LogP contribution is -2.39. The number of amides is 1. The van der Waals surface area contributed by atoms with Crippen LogP contribution in [-0.4, -0.2) is 39.6 Å². The summed E-state index contributed by atoms with van der Waals surface area (Å²) < 4.78 is 3.12. The SMILES string of the molecule is Cn1c(=O)n(CC(=O)NC[C@@H](c2ccccc2)N2CCCC2)c2ccccc21. The number of carbonyl (C=O) groups excluding carboxylic acids is 1. The first-order chi connectivity index (χ1) is 13.6. The number of aryl methyl sites for hydroxylation is 1. The van der Waals surface area contributed by atoms with Gasteiger partial charge in [0.1, 0.15) is 6.54 Å². The van der Waals surface area contributed by atoms with Gasteiger partial charge >= 0.3 is 5.69 Å². The molecular formula is C22H26N4O2. The Morgan fingerprint density at radius 3 is 2.36 bits per heavy atom. The van der Waals surface area contributed by atoms with Crippen molar-refractivity contribution in [3.05, 3.63) is 70.6 Å². The third-order valence-electron chi connectivity index (χ3n) is 5.61. The minimum atomic E-state index is -0.171. The Balaban J connectivity index is 1.49. The van der Waals surface area contributed by atoms with Gasteiger partial charge in [-0.15, -0.1) is 0 Å². The highest BCUT2D eigenvalue weighted by atomic mass is 16.2. The Morgan fingerprint density at radius 1 is 1.00 bits per heavy atom. The number of hydrogen-bond donors (Lipinski definition) is 1. The van der Waals surface area contributed by atoms with Crippen molar-refractivity contribution in [3.8, 4) is 0 Å². The summed E-state index contributed by atoms with van der Waals surface area (Å²) in [5.41, 5.74) is 2.66. The quantitative estimate of drug-likeness (QED) is 0.716. The summed E-state index contributed by atoms with van der Waals surface area (Å²) in [5, 5.41) is 3.06. The molecule has 6 heteroatoms. The van der Waals surface area contributed by atoms with Crippen LogP contribution in [0.15, 0.2) is 59.4 Å². The van der Waals surface area contributed by atoms with Crippen LogP contribution in [0.2, 0.25) is 0 Å². The number of aromatic nitrogens is 2. The van der Waals surface area contributed by atoms with E-state index >= 15 is 0 Å². The van der Waals surface area contributed by atoms with Crippen LogP contribution in [0.3, 0.4) is 0 Å². The molecule has 0 saturated carbocycles. The molecule has 1 aliphatic heterocycles. The number of hydrogen-bond acceptors (Lipinski definition) is 3. The van der Waals surface area contributed by atoms with Gasteiger partial charge in [-0.1, -0.05) is 42.5 Å². The number of benzene rings is 2. The van der Waals surface area contributed by atoms with Gasteiger partial charge in [-0.25, -0.2) is 4.79 Å². The average Bonchev–Trinajstić information content (AvgIpc) is 3.33. The molecular weight excluding hydrogens is 352 g/mol. The van der Waals surface area contributed by atoms with E-state index < -0.39 is 0 Å². The molecule has 4 rings (SSSR count). The highest BCUT2D eigenvalue weighted by molar-refractivity contribution is 5.80. The standard InChI is InChI=1S/C22H26N4O2/c1-24-18-11-5-6-12-19(18)26(22(24)28)16-21(27)23-15-20(25-13-7-8-14-25)17-9-3-2-4-10-17/h2-6,9-12,20H,7-8,13-16H2,1H3,(H,23,27)/t20-/m0/s1. The zero-order valence-electron chi connectivity index (χ0n) is 16.2. The Labute approximate surface area is 164 Å². The second-order valence-electron chi connectivity index (χ2n) is 7.39. The van der Waals surface area contributed by atoms with E-state index in [-0.39, 0.29) is 24.2 Å². The van der Waals surface area contributed by atoms with Crippen LogP contribution in [0, 0.1) is 0 Å². The van der Waals surface area contributed by atoms with Crippen LogP contribution in [-0.2, 0) is 18.4 Å². The number of rotatable bonds is 6. The normalized spacial score (nSPS) is 15.8. The molecule has 1 N–H and O–H groups in total. The summed E-state index contributed by atoms with van der Waals surface area (Å²) in [4.78, 5) is 27.6. The molecule has 2 heterocycles. The van der Waals surface area contributed by atoms with Gasteiger partial charge in [-0.05, 0) is 43.6 Å². The minimum absolute atomic E-state index is 0.0295. The van der Waals surface area contributed by atoms with Crippen LogP contribution in [0.1, 0.15) is 24.4 Å². The minimum Gasteiger partial charge on any atom is -0.353 e. The molecule has 0 unspecified atom stereocenters. The number of nitrogens with one attached hydrogen (secondary N) is 1. The molecule has 1 fully saturated rings. The van der Waals surface area contributed by atoms with Gasteiger partial charge < -0.3 is 5.32 Å². The lowest BCUT2D eigenvalue weighted by molar-refractivity contribution is -0.121. The summed E-state index contributed by atoms with van der Waals surface area (Å²) in [6, 6.07) is 18.0. The van der Waals surface area contributed by atoms with Crippen molar-refractivity contribution in [2.24, 2.45) is 7.05 Å². The molecule has 1 amide bonds. The molecule has 1 atom stereocenters. The summed E-state index contributed by atoms with van der Waals surface area (Å²) in [6.07, 6.45) is 2.39. The third-order valence-corrected chi connectivity index (χ3v) is 5.61. The van der Waals surface area contributed by atoms with E-state index in [1.807, 2.05) is 42.5 Å². The van der Waals surface area contributed by atoms with Crippen LogP contribution in [0.25, 0.3) is 11.0 Å². The van der Waals surface area contributed by atoms with Crippen LogP contribution >= 0.6 is 0 Å². The first kappa shape index (κ1) is 18.5. The first-order valence-electron chi connectivity index (χ1n) is 9.85. The van der Waals surface area contributed by atoms with Gasteiger partial charge in [0.2, 0.25) is 5.91 Å². The summed E-state index contributed by atoms with van der Waals surface area (Å²) in [5.74, 6) is -0.140. The molecule has 146 valence electrons. The zero-order chi connectivity index (χ0) is 19.5. The van der Waals surface area contributed by atoms with E-state index in [9.17, 15) is 9.59 Å². The van der Waals surface area contributed by atoms with E-state index in [2.05, 4.69) is 22.3 Å². The fourth-order valence-electron chi connectivity index (χ4n) is 4.11. The monoisotopic (exact) mass is 378 g/mol. The number of fused-ring (bicyclic) bond motifs is 1. The molecule has 0 spiro atoms. The highest BCUT2D eigenvalue weighted by Crippen LogP contribution is 2.24. The van der Waals surface area contributed by atoms with Crippen molar-refractivity contribution >= 4 is 16.9 Å². The number of likely N-dealkylation sites (tertiary alicyclic amines) is 1. The van der Waals surface area contributed by atoms with E-state index in [1.54, 1.807) is 11.6 Å². The third kappa shape index (κ3) is 3.60. The van der Waals surface area contributed by atoms with E-state index in [0.29, 0.717) is 6.54 Å². The van der Waals surface area contributed by atoms with Crippen molar-refractivity contribution < 1.29 is 4.79 Å². The first-order valence-corrected chi connectivity index (χ1v) is 9.85. The van der Waals surface area contributed by atoms with Gasteiger partial charge in [-0.3, -0.25) is 18.8 Å². The summed E-state index contributed by atoms with van der Waals surface area (Å²) in [6.45, 7) is 2.68.